The van der Waals surface area contributed by atoms with Crippen molar-refractivity contribution in [2.45, 2.75) is 31.7 Å². The van der Waals surface area contributed by atoms with Gasteiger partial charge in [-0.15, -0.1) is 13.2 Å². The van der Waals surface area contributed by atoms with Crippen molar-refractivity contribution < 1.29 is 32.0 Å². The number of carbonyl (C=O) groups is 1. The summed E-state index contributed by atoms with van der Waals surface area (Å²) in [6, 6.07) is 12.8. The molecule has 1 atom stereocenters. The molecule has 1 aliphatic heterocycles. The SMILES string of the molecule is COC(=O)CC1CCn2c1cc1cc(-c3noc(-c4cc(C#N)cc(OC(F)(F)F)c4)n3)ccc12. The Labute approximate surface area is 196 Å². The van der Waals surface area contributed by atoms with Gasteiger partial charge in [0.1, 0.15) is 5.75 Å². The lowest BCUT2D eigenvalue weighted by molar-refractivity contribution is -0.274. The fourth-order valence-corrected chi connectivity index (χ4v) is 4.38. The van der Waals surface area contributed by atoms with Crippen LogP contribution in [0, 0.1) is 11.3 Å². The number of rotatable bonds is 5. The zero-order chi connectivity index (χ0) is 24.7. The number of esters is 1. The molecule has 35 heavy (non-hydrogen) atoms. The highest BCUT2D eigenvalue weighted by atomic mass is 19.4. The van der Waals surface area contributed by atoms with Gasteiger partial charge >= 0.3 is 12.3 Å². The zero-order valence-corrected chi connectivity index (χ0v) is 18.3. The number of aryl methyl sites for hydroxylation is 1. The van der Waals surface area contributed by atoms with Crippen molar-refractivity contribution in [3.8, 4) is 34.7 Å². The minimum atomic E-state index is -4.91. The lowest BCUT2D eigenvalue weighted by Crippen LogP contribution is -2.17. The van der Waals surface area contributed by atoms with Crippen LogP contribution in [0.4, 0.5) is 13.2 Å². The molecule has 11 heteroatoms. The molecule has 0 N–H and O–H groups in total. The minimum absolute atomic E-state index is 0.0484. The lowest BCUT2D eigenvalue weighted by atomic mass is 10.00. The first-order valence-electron chi connectivity index (χ1n) is 10.6. The molecule has 3 heterocycles. The van der Waals surface area contributed by atoms with E-state index in [9.17, 15) is 18.0 Å². The average molecular weight is 482 g/mol. The Morgan fingerprint density at radius 1 is 1.23 bits per heavy atom. The van der Waals surface area contributed by atoms with E-state index in [4.69, 9.17) is 14.5 Å². The fraction of sp³-hybridized carbons (Fsp3) is 0.250. The van der Waals surface area contributed by atoms with Gasteiger partial charge in [0.2, 0.25) is 5.82 Å². The number of fused-ring (bicyclic) bond motifs is 3. The molecule has 0 bridgehead atoms. The molecule has 5 rings (SSSR count). The molecule has 2 aromatic heterocycles. The van der Waals surface area contributed by atoms with E-state index in [1.807, 2.05) is 24.3 Å². The van der Waals surface area contributed by atoms with Crippen LogP contribution in [0.2, 0.25) is 0 Å². The van der Waals surface area contributed by atoms with Gasteiger partial charge in [-0.1, -0.05) is 5.16 Å². The first-order valence-corrected chi connectivity index (χ1v) is 10.6. The Morgan fingerprint density at radius 2 is 2.06 bits per heavy atom. The van der Waals surface area contributed by atoms with E-state index in [2.05, 4.69) is 19.4 Å². The molecule has 0 fully saturated rings. The summed E-state index contributed by atoms with van der Waals surface area (Å²) in [5.41, 5.74) is 2.78. The fourth-order valence-electron chi connectivity index (χ4n) is 4.38. The second-order valence-corrected chi connectivity index (χ2v) is 8.09. The van der Waals surface area contributed by atoms with Gasteiger partial charge in [0.15, 0.2) is 0 Å². The highest BCUT2D eigenvalue weighted by Gasteiger charge is 2.32. The van der Waals surface area contributed by atoms with Crippen LogP contribution in [-0.2, 0) is 16.1 Å². The van der Waals surface area contributed by atoms with E-state index in [1.165, 1.54) is 13.2 Å². The summed E-state index contributed by atoms with van der Waals surface area (Å²) in [5, 5.41) is 14.1. The van der Waals surface area contributed by atoms with Crippen molar-refractivity contribution in [2.24, 2.45) is 0 Å². The van der Waals surface area contributed by atoms with Gasteiger partial charge in [0, 0.05) is 40.2 Å². The van der Waals surface area contributed by atoms with Crippen LogP contribution < -0.4 is 4.74 Å². The quantitative estimate of drug-likeness (QED) is 0.361. The zero-order valence-electron chi connectivity index (χ0n) is 18.3. The predicted molar refractivity (Wildman–Crippen MR) is 116 cm³/mol. The molecule has 0 saturated carbocycles. The third-order valence-corrected chi connectivity index (χ3v) is 5.89. The largest absolute Gasteiger partial charge is 0.573 e. The molecule has 178 valence electrons. The molecular formula is C24H17F3N4O4. The molecule has 8 nitrogen and oxygen atoms in total. The van der Waals surface area contributed by atoms with Gasteiger partial charge < -0.3 is 18.6 Å². The third-order valence-electron chi connectivity index (χ3n) is 5.89. The number of alkyl halides is 3. The Bertz CT molecular complexity index is 1480. The Balaban J connectivity index is 1.46. The van der Waals surface area contributed by atoms with Crippen molar-refractivity contribution in [3.63, 3.8) is 0 Å². The number of methoxy groups -OCH3 is 1. The second-order valence-electron chi connectivity index (χ2n) is 8.09. The number of nitriles is 1. The monoisotopic (exact) mass is 482 g/mol. The third kappa shape index (κ3) is 4.42. The predicted octanol–water partition coefficient (Wildman–Crippen LogP) is 5.18. The lowest BCUT2D eigenvalue weighted by Gasteiger charge is -2.09. The molecule has 1 aliphatic rings. The maximum atomic E-state index is 12.6. The van der Waals surface area contributed by atoms with Crippen molar-refractivity contribution in [1.82, 2.24) is 14.7 Å². The molecule has 4 aromatic rings. The number of hydrogen-bond acceptors (Lipinski definition) is 7. The summed E-state index contributed by atoms with van der Waals surface area (Å²) in [4.78, 5) is 16.0. The van der Waals surface area contributed by atoms with Crippen LogP contribution in [0.25, 0.3) is 33.7 Å². The van der Waals surface area contributed by atoms with E-state index in [-0.39, 0.29) is 34.7 Å². The second kappa shape index (κ2) is 8.47. The molecule has 2 aromatic carbocycles. The average Bonchev–Trinajstić information content (AvgIpc) is 3.53. The Hall–Kier alpha value is -4.33. The number of aromatic nitrogens is 3. The first kappa shape index (κ1) is 22.5. The summed E-state index contributed by atoms with van der Waals surface area (Å²) in [5.74, 6) is -0.548. The van der Waals surface area contributed by atoms with Gasteiger partial charge in [-0.05, 0) is 48.9 Å². The van der Waals surface area contributed by atoms with Crippen molar-refractivity contribution in [2.75, 3.05) is 7.11 Å². The number of halogens is 3. The van der Waals surface area contributed by atoms with Crippen molar-refractivity contribution >= 4 is 16.9 Å². The minimum Gasteiger partial charge on any atom is -0.469 e. The maximum Gasteiger partial charge on any atom is 0.573 e. The number of ether oxygens (including phenoxy) is 2. The van der Waals surface area contributed by atoms with Gasteiger partial charge in [0.05, 0.1) is 25.2 Å². The van der Waals surface area contributed by atoms with Crippen LogP contribution in [0.1, 0.15) is 30.0 Å². The van der Waals surface area contributed by atoms with E-state index in [0.717, 1.165) is 41.7 Å². The van der Waals surface area contributed by atoms with E-state index in [0.29, 0.717) is 12.0 Å². The van der Waals surface area contributed by atoms with Crippen LogP contribution in [0.3, 0.4) is 0 Å². The summed E-state index contributed by atoms with van der Waals surface area (Å²) < 4.78 is 54.1. The van der Waals surface area contributed by atoms with Gasteiger partial charge in [-0.2, -0.15) is 10.2 Å². The molecule has 1 unspecified atom stereocenters. The highest BCUT2D eigenvalue weighted by molar-refractivity contribution is 5.86. The number of carbonyl (C=O) groups excluding carboxylic acids is 1. The summed E-state index contributed by atoms with van der Waals surface area (Å²) >= 11 is 0. The van der Waals surface area contributed by atoms with Crippen LogP contribution in [-0.4, -0.2) is 34.1 Å². The smallest absolute Gasteiger partial charge is 0.469 e. The standard InChI is InChI=1S/C24H17F3N4O4/c1-33-21(32)11-14-4-5-31-19-3-2-15(8-16(19)10-20(14)31)22-29-23(35-30-22)17-6-13(12-28)7-18(9-17)34-24(25,26)27/h2-3,6-10,14H,4-5,11H2,1H3. The summed E-state index contributed by atoms with van der Waals surface area (Å²) in [6.07, 6.45) is -3.73. The maximum absolute atomic E-state index is 12.6. The van der Waals surface area contributed by atoms with E-state index < -0.39 is 12.1 Å². The molecule has 0 spiro atoms. The molecule has 0 saturated heterocycles. The van der Waals surface area contributed by atoms with Crippen LogP contribution in [0.15, 0.2) is 47.0 Å². The van der Waals surface area contributed by atoms with Crippen molar-refractivity contribution in [1.29, 1.82) is 5.26 Å². The van der Waals surface area contributed by atoms with Gasteiger partial charge in [0.25, 0.3) is 5.89 Å². The van der Waals surface area contributed by atoms with E-state index in [1.54, 1.807) is 6.07 Å². The van der Waals surface area contributed by atoms with Crippen LogP contribution >= 0.6 is 0 Å². The highest BCUT2D eigenvalue weighted by Crippen LogP contribution is 2.38. The topological polar surface area (TPSA) is 103 Å². The van der Waals surface area contributed by atoms with E-state index >= 15 is 0 Å². The Kier molecular flexibility index (Phi) is 5.43. The van der Waals surface area contributed by atoms with Gasteiger partial charge in [-0.25, -0.2) is 0 Å². The molecule has 0 aliphatic carbocycles. The number of benzene rings is 2. The summed E-state index contributed by atoms with van der Waals surface area (Å²) in [6.45, 7) is 0.795. The number of hydrogen-bond donors (Lipinski definition) is 0. The number of nitrogens with zero attached hydrogens (tertiary/aromatic N) is 4. The molecular weight excluding hydrogens is 465 g/mol. The van der Waals surface area contributed by atoms with Crippen LogP contribution in [0.5, 0.6) is 5.75 Å². The first-order chi connectivity index (χ1) is 16.7. The Morgan fingerprint density at radius 3 is 2.80 bits per heavy atom. The normalized spacial score (nSPS) is 15.1. The summed E-state index contributed by atoms with van der Waals surface area (Å²) in [7, 11) is 1.37. The molecule has 0 amide bonds. The molecule has 0 radical (unpaired) electrons. The van der Waals surface area contributed by atoms with Gasteiger partial charge in [-0.3, -0.25) is 4.79 Å². The van der Waals surface area contributed by atoms with Crippen molar-refractivity contribution in [3.05, 3.63) is 53.7 Å².